The summed E-state index contributed by atoms with van der Waals surface area (Å²) >= 11 is 0. The van der Waals surface area contributed by atoms with Crippen LogP contribution in [0.1, 0.15) is 33.1 Å². The van der Waals surface area contributed by atoms with Crippen LogP contribution in [-0.4, -0.2) is 5.97 Å². The summed E-state index contributed by atoms with van der Waals surface area (Å²) in [7, 11) is 0. The largest absolute Gasteiger partial charge is 0.431 e. The summed E-state index contributed by atoms with van der Waals surface area (Å²) < 4.78 is 4.73. The molecule has 0 aromatic rings. The van der Waals surface area contributed by atoms with Crippen molar-refractivity contribution < 1.29 is 9.53 Å². The van der Waals surface area contributed by atoms with Crippen molar-refractivity contribution in [2.75, 3.05) is 0 Å². The van der Waals surface area contributed by atoms with Gasteiger partial charge in [-0.3, -0.25) is 0 Å². The second-order valence-electron chi connectivity index (χ2n) is 2.84. The van der Waals surface area contributed by atoms with Crippen LogP contribution in [0.4, 0.5) is 0 Å². The van der Waals surface area contributed by atoms with E-state index in [9.17, 15) is 4.79 Å². The molecule has 0 N–H and O–H groups in total. The Morgan fingerprint density at radius 1 is 1.36 bits per heavy atom. The second kappa shape index (κ2) is 9.78. The van der Waals surface area contributed by atoms with Crippen molar-refractivity contribution in [2.24, 2.45) is 0 Å². The Morgan fingerprint density at radius 3 is 2.79 bits per heavy atom. The maximum Gasteiger partial charge on any atom is 0.335 e. The van der Waals surface area contributed by atoms with Crippen molar-refractivity contribution in [3.63, 3.8) is 0 Å². The Balaban J connectivity index is 3.53. The predicted octanol–water partition coefficient (Wildman–Crippen LogP) is 3.37. The number of esters is 1. The third kappa shape index (κ3) is 8.78. The predicted molar refractivity (Wildman–Crippen MR) is 58.7 cm³/mol. The van der Waals surface area contributed by atoms with E-state index >= 15 is 0 Å². The number of rotatable bonds is 6. The van der Waals surface area contributed by atoms with Gasteiger partial charge in [0.1, 0.15) is 0 Å². The molecule has 2 heteroatoms. The van der Waals surface area contributed by atoms with E-state index in [0.717, 1.165) is 6.42 Å². The first-order chi connectivity index (χ1) is 6.81. The normalized spacial score (nSPS) is 11.9. The van der Waals surface area contributed by atoms with Gasteiger partial charge in [0.25, 0.3) is 0 Å². The number of unbranched alkanes of at least 4 members (excludes halogenated alkanes) is 2. The van der Waals surface area contributed by atoms with Crippen LogP contribution in [0.5, 0.6) is 0 Å². The highest BCUT2D eigenvalue weighted by molar-refractivity contribution is 5.82. The molecule has 0 fully saturated rings. The first-order valence-corrected chi connectivity index (χ1v) is 4.96. The van der Waals surface area contributed by atoms with E-state index in [1.54, 1.807) is 19.1 Å². The maximum atomic E-state index is 10.8. The lowest BCUT2D eigenvalue weighted by molar-refractivity contribution is -0.132. The van der Waals surface area contributed by atoms with Gasteiger partial charge in [-0.1, -0.05) is 38.0 Å². The Labute approximate surface area is 86.0 Å². The fourth-order valence-corrected chi connectivity index (χ4v) is 0.824. The molecule has 78 valence electrons. The van der Waals surface area contributed by atoms with Crippen molar-refractivity contribution in [1.82, 2.24) is 0 Å². The number of carbonyl (C=O) groups excluding carboxylic acids is 1. The highest BCUT2D eigenvalue weighted by atomic mass is 16.5. The van der Waals surface area contributed by atoms with Crippen molar-refractivity contribution in [3.8, 4) is 0 Å². The van der Waals surface area contributed by atoms with Crippen molar-refractivity contribution in [2.45, 2.75) is 33.1 Å². The molecule has 0 rings (SSSR count). The average molecular weight is 194 g/mol. The highest BCUT2D eigenvalue weighted by Crippen LogP contribution is 1.95. The molecule has 0 bridgehead atoms. The van der Waals surface area contributed by atoms with Crippen LogP contribution in [0.25, 0.3) is 0 Å². The Kier molecular flexibility index (Phi) is 8.86. The minimum atomic E-state index is -0.342. The fourth-order valence-electron chi connectivity index (χ4n) is 0.824. The molecule has 0 atom stereocenters. The highest BCUT2D eigenvalue weighted by Gasteiger charge is 1.88. The summed E-state index contributed by atoms with van der Waals surface area (Å²) in [6.45, 7) is 3.93. The molecule has 0 saturated heterocycles. The molecule has 0 aliphatic carbocycles. The van der Waals surface area contributed by atoms with Gasteiger partial charge < -0.3 is 4.74 Å². The monoisotopic (exact) mass is 194 g/mol. The van der Waals surface area contributed by atoms with Crippen molar-refractivity contribution in [1.29, 1.82) is 0 Å². The van der Waals surface area contributed by atoms with Crippen LogP contribution in [-0.2, 0) is 9.53 Å². The van der Waals surface area contributed by atoms with Gasteiger partial charge in [0.15, 0.2) is 0 Å². The first kappa shape index (κ1) is 12.7. The minimum Gasteiger partial charge on any atom is -0.431 e. The molecule has 0 aromatic heterocycles. The topological polar surface area (TPSA) is 26.3 Å². The number of carbonyl (C=O) groups is 1. The third-order valence-corrected chi connectivity index (χ3v) is 1.54. The van der Waals surface area contributed by atoms with E-state index in [1.807, 2.05) is 6.08 Å². The van der Waals surface area contributed by atoms with E-state index < -0.39 is 0 Å². The Bertz CT molecular complexity index is 224. The van der Waals surface area contributed by atoms with Crippen LogP contribution >= 0.6 is 0 Å². The van der Waals surface area contributed by atoms with Crippen LogP contribution in [0.2, 0.25) is 0 Å². The smallest absolute Gasteiger partial charge is 0.335 e. The summed E-state index contributed by atoms with van der Waals surface area (Å²) in [5.74, 6) is -0.342. The van der Waals surface area contributed by atoms with Crippen LogP contribution in [0, 0.1) is 0 Å². The molecular formula is C12H18O2. The molecule has 0 radical (unpaired) electrons. The molecule has 0 amide bonds. The van der Waals surface area contributed by atoms with E-state index in [2.05, 4.69) is 13.0 Å². The zero-order valence-electron chi connectivity index (χ0n) is 8.90. The lowest BCUT2D eigenvalue weighted by Crippen LogP contribution is -1.92. The van der Waals surface area contributed by atoms with Gasteiger partial charge >= 0.3 is 5.97 Å². The summed E-state index contributed by atoms with van der Waals surface area (Å²) in [4.78, 5) is 10.8. The van der Waals surface area contributed by atoms with E-state index in [-0.39, 0.29) is 5.97 Å². The summed E-state index contributed by atoms with van der Waals surface area (Å²) in [6, 6.07) is 0. The molecule has 0 aliphatic heterocycles. The summed E-state index contributed by atoms with van der Waals surface area (Å²) in [5, 5.41) is 0. The van der Waals surface area contributed by atoms with Crippen molar-refractivity contribution >= 4 is 5.97 Å². The van der Waals surface area contributed by atoms with Gasteiger partial charge in [-0.2, -0.15) is 0 Å². The van der Waals surface area contributed by atoms with Gasteiger partial charge in [0.05, 0.1) is 6.26 Å². The maximum absolute atomic E-state index is 10.8. The van der Waals surface area contributed by atoms with Gasteiger partial charge in [-0.15, -0.1) is 0 Å². The van der Waals surface area contributed by atoms with Gasteiger partial charge in [-0.25, -0.2) is 4.79 Å². The van der Waals surface area contributed by atoms with Crippen LogP contribution in [0.3, 0.4) is 0 Å². The lowest BCUT2D eigenvalue weighted by atomic mass is 10.2. The van der Waals surface area contributed by atoms with E-state index in [0.29, 0.717) is 0 Å². The van der Waals surface area contributed by atoms with Crippen molar-refractivity contribution in [3.05, 3.63) is 36.6 Å². The molecule has 0 aliphatic rings. The third-order valence-electron chi connectivity index (χ3n) is 1.54. The second-order valence-corrected chi connectivity index (χ2v) is 2.84. The van der Waals surface area contributed by atoms with Gasteiger partial charge in [-0.05, 0) is 19.4 Å². The molecule has 14 heavy (non-hydrogen) atoms. The lowest BCUT2D eigenvalue weighted by Gasteiger charge is -1.89. The van der Waals surface area contributed by atoms with Crippen LogP contribution in [0.15, 0.2) is 36.6 Å². The van der Waals surface area contributed by atoms with E-state index in [4.69, 9.17) is 4.74 Å². The van der Waals surface area contributed by atoms with Crippen LogP contribution < -0.4 is 0 Å². The molecule has 0 saturated carbocycles. The number of hydrogen-bond donors (Lipinski definition) is 0. The zero-order chi connectivity index (χ0) is 10.6. The van der Waals surface area contributed by atoms with Gasteiger partial charge in [0.2, 0.25) is 0 Å². The first-order valence-electron chi connectivity index (χ1n) is 4.96. The summed E-state index contributed by atoms with van der Waals surface area (Å²) in [5.41, 5.74) is 0. The Hall–Kier alpha value is -1.31. The molecule has 0 spiro atoms. The Morgan fingerprint density at radius 2 is 2.14 bits per heavy atom. The SMILES string of the molecule is CC=CC(=O)OC=CC=CCCCC. The fraction of sp³-hybridized carbons (Fsp3) is 0.417. The molecule has 0 unspecified atom stereocenters. The molecule has 0 aromatic carbocycles. The van der Waals surface area contributed by atoms with Gasteiger partial charge in [0, 0.05) is 6.08 Å². The summed E-state index contributed by atoms with van der Waals surface area (Å²) in [6.07, 6.45) is 13.6. The average Bonchev–Trinajstić information content (AvgIpc) is 2.17. The minimum absolute atomic E-state index is 0.342. The molecule has 0 heterocycles. The number of ether oxygens (including phenoxy) is 1. The van der Waals surface area contributed by atoms with E-state index in [1.165, 1.54) is 25.2 Å². The molecule has 2 nitrogen and oxygen atoms in total. The zero-order valence-corrected chi connectivity index (χ0v) is 8.90. The molecular weight excluding hydrogens is 176 g/mol. The number of hydrogen-bond acceptors (Lipinski definition) is 2. The standard InChI is InChI=1S/C12H18O2/c1-3-5-6-7-8-9-11-14-12(13)10-4-2/h4,7-11H,3,5-6H2,1-2H3. The quantitative estimate of drug-likeness (QED) is 0.213. The number of allylic oxidation sites excluding steroid dienone is 4.